The van der Waals surface area contributed by atoms with Gasteiger partial charge in [-0.15, -0.1) is 0 Å². The fraction of sp³-hybridized carbons (Fsp3) is 0.214. The highest BCUT2D eigenvalue weighted by molar-refractivity contribution is 7.97. The van der Waals surface area contributed by atoms with Crippen molar-refractivity contribution >= 4 is 27.8 Å². The van der Waals surface area contributed by atoms with Gasteiger partial charge < -0.3 is 4.74 Å². The van der Waals surface area contributed by atoms with Crippen molar-refractivity contribution < 1.29 is 17.9 Å². The fourth-order valence-electron chi connectivity index (χ4n) is 1.95. The number of aromatic nitrogens is 1. The van der Waals surface area contributed by atoms with E-state index in [9.17, 15) is 13.2 Å². The van der Waals surface area contributed by atoms with Gasteiger partial charge in [-0.05, 0) is 30.0 Å². The monoisotopic (exact) mass is 325 g/mol. The molecule has 7 heteroatoms. The summed E-state index contributed by atoms with van der Waals surface area (Å²) in [5.41, 5.74) is 0.685. The fourth-order valence-corrected chi connectivity index (χ4v) is 3.87. The summed E-state index contributed by atoms with van der Waals surface area (Å²) in [6.07, 6.45) is 3.27. The predicted octanol–water partition coefficient (Wildman–Crippen LogP) is 2.37. The van der Waals surface area contributed by atoms with Gasteiger partial charge in [-0.25, -0.2) is 17.2 Å². The molecule has 0 bridgehead atoms. The van der Waals surface area contributed by atoms with Crippen LogP contribution in [-0.2, 0) is 20.5 Å². The van der Waals surface area contributed by atoms with Crippen LogP contribution in [0.1, 0.15) is 16.1 Å². The number of ether oxygens (including phenoxy) is 1. The number of thioether (sulfide) groups is 1. The second-order valence-corrected chi connectivity index (χ2v) is 6.91. The summed E-state index contributed by atoms with van der Waals surface area (Å²) < 4.78 is 31.0. The molecule has 1 aromatic carbocycles. The van der Waals surface area contributed by atoms with Gasteiger partial charge in [0, 0.05) is 11.9 Å². The van der Waals surface area contributed by atoms with E-state index in [0.717, 1.165) is 3.97 Å². The zero-order valence-electron chi connectivity index (χ0n) is 11.6. The molecular formula is C14H15NO4S2. The molecule has 0 spiro atoms. The number of rotatable bonds is 5. The molecule has 5 nitrogen and oxygen atoms in total. The standard InChI is InChI=1S/C14H15NO4S2/c1-19-14(16)13-11(10-20-2)8-9-15(13)21(17,18)12-6-4-3-5-7-12/h3-9H,10H2,1-2H3. The summed E-state index contributed by atoms with van der Waals surface area (Å²) in [5.74, 6) is -0.134. The molecule has 112 valence electrons. The Labute approximate surface area is 128 Å². The van der Waals surface area contributed by atoms with E-state index in [-0.39, 0.29) is 10.6 Å². The highest BCUT2D eigenvalue weighted by Crippen LogP contribution is 2.23. The summed E-state index contributed by atoms with van der Waals surface area (Å²) in [5, 5.41) is 0. The molecule has 0 radical (unpaired) electrons. The Bertz CT molecular complexity index is 736. The Morgan fingerprint density at radius 2 is 1.90 bits per heavy atom. The quantitative estimate of drug-likeness (QED) is 0.790. The first-order chi connectivity index (χ1) is 10.0. The smallest absolute Gasteiger partial charge is 0.356 e. The van der Waals surface area contributed by atoms with Gasteiger partial charge in [0.25, 0.3) is 10.0 Å². The van der Waals surface area contributed by atoms with Crippen LogP contribution in [-0.4, -0.2) is 31.7 Å². The second-order valence-electron chi connectivity index (χ2n) is 4.23. The van der Waals surface area contributed by atoms with Gasteiger partial charge in [0.05, 0.1) is 12.0 Å². The normalized spacial score (nSPS) is 11.3. The molecule has 1 heterocycles. The van der Waals surface area contributed by atoms with Crippen LogP contribution in [0.2, 0.25) is 0 Å². The Kier molecular flexibility index (Phi) is 4.74. The number of methoxy groups -OCH3 is 1. The molecule has 21 heavy (non-hydrogen) atoms. The molecule has 0 amide bonds. The molecular weight excluding hydrogens is 310 g/mol. The second kappa shape index (κ2) is 6.36. The number of carbonyl (C=O) groups excluding carboxylic acids is 1. The first kappa shape index (κ1) is 15.7. The average molecular weight is 325 g/mol. The van der Waals surface area contributed by atoms with E-state index < -0.39 is 16.0 Å². The maximum absolute atomic E-state index is 12.6. The van der Waals surface area contributed by atoms with E-state index >= 15 is 0 Å². The largest absolute Gasteiger partial charge is 0.464 e. The maximum Gasteiger partial charge on any atom is 0.356 e. The van der Waals surface area contributed by atoms with E-state index in [1.54, 1.807) is 24.3 Å². The minimum atomic E-state index is -3.82. The number of esters is 1. The number of hydrogen-bond acceptors (Lipinski definition) is 5. The van der Waals surface area contributed by atoms with Gasteiger partial charge >= 0.3 is 5.97 Å². The van der Waals surface area contributed by atoms with Crippen LogP contribution in [0.25, 0.3) is 0 Å². The molecule has 2 aromatic rings. The molecule has 0 fully saturated rings. The minimum absolute atomic E-state index is 0.0516. The van der Waals surface area contributed by atoms with Crippen molar-refractivity contribution in [1.82, 2.24) is 3.97 Å². The van der Waals surface area contributed by atoms with Crippen molar-refractivity contribution in [2.45, 2.75) is 10.6 Å². The Morgan fingerprint density at radius 1 is 1.24 bits per heavy atom. The van der Waals surface area contributed by atoms with Crippen LogP contribution in [0, 0.1) is 0 Å². The molecule has 0 aliphatic carbocycles. The molecule has 0 aliphatic heterocycles. The van der Waals surface area contributed by atoms with Crippen LogP contribution in [0.5, 0.6) is 0 Å². The van der Waals surface area contributed by atoms with Gasteiger partial charge in [0.15, 0.2) is 0 Å². The van der Waals surface area contributed by atoms with Crippen molar-refractivity contribution in [2.75, 3.05) is 13.4 Å². The van der Waals surface area contributed by atoms with E-state index in [0.29, 0.717) is 11.3 Å². The number of hydrogen-bond donors (Lipinski definition) is 0. The SMILES string of the molecule is COC(=O)c1c(CSC)ccn1S(=O)(=O)c1ccccc1. The van der Waals surface area contributed by atoms with Gasteiger partial charge in [-0.3, -0.25) is 0 Å². The molecule has 0 aliphatic rings. The first-order valence-electron chi connectivity index (χ1n) is 6.10. The Hall–Kier alpha value is -1.73. The third kappa shape index (κ3) is 2.98. The molecule has 0 saturated heterocycles. The van der Waals surface area contributed by atoms with E-state index in [2.05, 4.69) is 0 Å². The van der Waals surface area contributed by atoms with Gasteiger partial charge in [0.2, 0.25) is 0 Å². The van der Waals surface area contributed by atoms with Crippen LogP contribution < -0.4 is 0 Å². The predicted molar refractivity (Wildman–Crippen MR) is 82.0 cm³/mol. The Balaban J connectivity index is 2.61. The highest BCUT2D eigenvalue weighted by Gasteiger charge is 2.26. The van der Waals surface area contributed by atoms with E-state index in [1.807, 2.05) is 6.26 Å². The minimum Gasteiger partial charge on any atom is -0.464 e. The third-order valence-electron chi connectivity index (χ3n) is 2.91. The van der Waals surface area contributed by atoms with Gasteiger partial charge in [0.1, 0.15) is 5.69 Å². The summed E-state index contributed by atoms with van der Waals surface area (Å²) in [7, 11) is -2.58. The lowest BCUT2D eigenvalue weighted by Gasteiger charge is -2.10. The Morgan fingerprint density at radius 3 is 2.48 bits per heavy atom. The van der Waals surface area contributed by atoms with Crippen LogP contribution in [0.4, 0.5) is 0 Å². The van der Waals surface area contributed by atoms with Crippen LogP contribution in [0.15, 0.2) is 47.5 Å². The lowest BCUT2D eigenvalue weighted by molar-refractivity contribution is 0.0592. The highest BCUT2D eigenvalue weighted by atomic mass is 32.2. The molecule has 0 saturated carbocycles. The zero-order chi connectivity index (χ0) is 15.5. The summed E-state index contributed by atoms with van der Waals surface area (Å²) >= 11 is 1.50. The summed E-state index contributed by atoms with van der Waals surface area (Å²) in [6, 6.07) is 9.61. The first-order valence-corrected chi connectivity index (χ1v) is 8.94. The van der Waals surface area contributed by atoms with Crippen LogP contribution >= 0.6 is 11.8 Å². The van der Waals surface area contributed by atoms with Gasteiger partial charge in [-0.1, -0.05) is 18.2 Å². The lowest BCUT2D eigenvalue weighted by Crippen LogP contribution is -2.19. The summed E-state index contributed by atoms with van der Waals surface area (Å²) in [4.78, 5) is 12.1. The third-order valence-corrected chi connectivity index (χ3v) is 5.20. The summed E-state index contributed by atoms with van der Waals surface area (Å²) in [6.45, 7) is 0. The van der Waals surface area contributed by atoms with Crippen molar-refractivity contribution in [1.29, 1.82) is 0 Å². The van der Waals surface area contributed by atoms with Crippen molar-refractivity contribution in [2.24, 2.45) is 0 Å². The van der Waals surface area contributed by atoms with Gasteiger partial charge in [-0.2, -0.15) is 11.8 Å². The zero-order valence-corrected chi connectivity index (χ0v) is 13.3. The number of carbonyl (C=O) groups is 1. The number of benzene rings is 1. The molecule has 0 unspecified atom stereocenters. The van der Waals surface area contributed by atoms with Crippen molar-refractivity contribution in [3.05, 3.63) is 53.9 Å². The maximum atomic E-state index is 12.6. The van der Waals surface area contributed by atoms with E-state index in [4.69, 9.17) is 4.74 Å². The van der Waals surface area contributed by atoms with E-state index in [1.165, 1.54) is 37.2 Å². The number of nitrogens with zero attached hydrogens (tertiary/aromatic N) is 1. The molecule has 0 N–H and O–H groups in total. The topological polar surface area (TPSA) is 65.4 Å². The molecule has 0 atom stereocenters. The average Bonchev–Trinajstić information content (AvgIpc) is 2.92. The van der Waals surface area contributed by atoms with Crippen molar-refractivity contribution in [3.8, 4) is 0 Å². The molecule has 2 rings (SSSR count). The van der Waals surface area contributed by atoms with Crippen molar-refractivity contribution in [3.63, 3.8) is 0 Å². The van der Waals surface area contributed by atoms with Crippen LogP contribution in [0.3, 0.4) is 0 Å². The molecule has 1 aromatic heterocycles. The lowest BCUT2D eigenvalue weighted by atomic mass is 10.3.